The second-order valence-electron chi connectivity index (χ2n) is 8.74. The molecule has 2 fully saturated rings. The maximum Gasteiger partial charge on any atom is 0.290 e. The van der Waals surface area contributed by atoms with Gasteiger partial charge in [0.05, 0.1) is 32.6 Å². The Kier molecular flexibility index (Phi) is 6.61. The number of hydrogen-bond acceptors (Lipinski definition) is 6. The molecule has 0 bridgehead atoms. The summed E-state index contributed by atoms with van der Waals surface area (Å²) in [4.78, 5) is 20.1. The molecular formula is C23H33N3O4. The van der Waals surface area contributed by atoms with Gasteiger partial charge in [0.25, 0.3) is 5.91 Å². The molecule has 1 atom stereocenters. The number of nitrogens with zero attached hydrogens (tertiary/aromatic N) is 3. The van der Waals surface area contributed by atoms with Crippen LogP contribution in [-0.2, 0) is 17.8 Å². The van der Waals surface area contributed by atoms with Crippen LogP contribution in [0.1, 0.15) is 41.5 Å². The van der Waals surface area contributed by atoms with Gasteiger partial charge in [-0.1, -0.05) is 13.8 Å². The van der Waals surface area contributed by atoms with Crippen molar-refractivity contribution in [2.45, 2.75) is 39.9 Å². The number of hydrogen-bond donors (Lipinski definition) is 0. The first-order chi connectivity index (χ1) is 14.5. The van der Waals surface area contributed by atoms with E-state index in [-0.39, 0.29) is 11.9 Å². The zero-order valence-electron chi connectivity index (χ0n) is 18.3. The molecule has 164 valence electrons. The summed E-state index contributed by atoms with van der Waals surface area (Å²) in [6.45, 7) is 13.5. The van der Waals surface area contributed by atoms with Crippen molar-refractivity contribution < 1.29 is 18.4 Å². The molecule has 7 heteroatoms. The van der Waals surface area contributed by atoms with E-state index in [0.29, 0.717) is 18.2 Å². The largest absolute Gasteiger partial charge is 0.468 e. The number of ether oxygens (including phenoxy) is 1. The predicted molar refractivity (Wildman–Crippen MR) is 113 cm³/mol. The maximum absolute atomic E-state index is 13.4. The first kappa shape index (κ1) is 21.2. The molecule has 0 N–H and O–H groups in total. The molecule has 2 aromatic rings. The minimum atomic E-state index is 0.0112. The van der Waals surface area contributed by atoms with E-state index < -0.39 is 0 Å². The highest BCUT2D eigenvalue weighted by molar-refractivity contribution is 5.93. The molecule has 7 nitrogen and oxygen atoms in total. The van der Waals surface area contributed by atoms with E-state index >= 15 is 0 Å². The van der Waals surface area contributed by atoms with Crippen molar-refractivity contribution in [1.82, 2.24) is 14.7 Å². The molecule has 2 aliphatic heterocycles. The van der Waals surface area contributed by atoms with Gasteiger partial charge in [0, 0.05) is 44.3 Å². The highest BCUT2D eigenvalue weighted by Gasteiger charge is 2.35. The molecule has 30 heavy (non-hydrogen) atoms. The maximum atomic E-state index is 13.4. The van der Waals surface area contributed by atoms with Crippen molar-refractivity contribution in [3.05, 3.63) is 47.3 Å². The van der Waals surface area contributed by atoms with Crippen LogP contribution >= 0.6 is 0 Å². The zero-order valence-corrected chi connectivity index (χ0v) is 18.3. The van der Waals surface area contributed by atoms with Crippen LogP contribution < -0.4 is 0 Å². The standard InChI is InChI=1S/C23H33N3O4/c1-17(2)21-16-25(14-19-5-4-10-29-19)6-7-26(21)23(27)22-18(3)13-20(30-22)15-24-8-11-28-12-9-24/h4-5,10,13,17,21H,6-9,11-12,14-16H2,1-3H3/t21-/m1/s1. The van der Waals surface area contributed by atoms with Gasteiger partial charge in [-0.3, -0.25) is 14.6 Å². The molecule has 4 heterocycles. The first-order valence-corrected chi connectivity index (χ1v) is 11.0. The van der Waals surface area contributed by atoms with Crippen LogP contribution in [0.25, 0.3) is 0 Å². The fourth-order valence-electron chi connectivity index (χ4n) is 4.41. The predicted octanol–water partition coefficient (Wildman–Crippen LogP) is 3.00. The quantitative estimate of drug-likeness (QED) is 0.723. The highest BCUT2D eigenvalue weighted by Crippen LogP contribution is 2.25. The van der Waals surface area contributed by atoms with E-state index in [1.165, 1.54) is 0 Å². The SMILES string of the molecule is Cc1cc(CN2CCOCC2)oc1C(=O)N1CCN(Cc2ccco2)C[C@@H]1C(C)C. The number of rotatable bonds is 6. The average molecular weight is 416 g/mol. The van der Waals surface area contributed by atoms with Gasteiger partial charge in [-0.05, 0) is 31.0 Å². The zero-order chi connectivity index (χ0) is 21.1. The fourth-order valence-corrected chi connectivity index (χ4v) is 4.41. The van der Waals surface area contributed by atoms with Gasteiger partial charge < -0.3 is 18.5 Å². The Hall–Kier alpha value is -2.09. The Balaban J connectivity index is 1.44. The third kappa shape index (κ3) is 4.79. The molecule has 1 amide bonds. The summed E-state index contributed by atoms with van der Waals surface area (Å²) in [6, 6.07) is 6.08. The summed E-state index contributed by atoms with van der Waals surface area (Å²) in [6.07, 6.45) is 1.71. The van der Waals surface area contributed by atoms with E-state index in [0.717, 1.165) is 69.6 Å². The monoisotopic (exact) mass is 415 g/mol. The Bertz CT molecular complexity index is 824. The van der Waals surface area contributed by atoms with Gasteiger partial charge >= 0.3 is 0 Å². The molecule has 4 rings (SSSR count). The van der Waals surface area contributed by atoms with E-state index in [1.807, 2.05) is 30.0 Å². The van der Waals surface area contributed by atoms with Crippen LogP contribution in [0.2, 0.25) is 0 Å². The van der Waals surface area contributed by atoms with Crippen molar-refractivity contribution in [1.29, 1.82) is 0 Å². The van der Waals surface area contributed by atoms with Crippen LogP contribution in [-0.4, -0.2) is 72.6 Å². The molecule has 0 aromatic carbocycles. The summed E-state index contributed by atoms with van der Waals surface area (Å²) in [5.74, 6) is 2.68. The number of piperazine rings is 1. The van der Waals surface area contributed by atoms with Crippen molar-refractivity contribution in [3.63, 3.8) is 0 Å². The lowest BCUT2D eigenvalue weighted by molar-refractivity contribution is 0.0263. The Morgan fingerprint density at radius 1 is 1.10 bits per heavy atom. The number of carbonyl (C=O) groups is 1. The van der Waals surface area contributed by atoms with Crippen LogP contribution in [0.15, 0.2) is 33.3 Å². The van der Waals surface area contributed by atoms with Crippen LogP contribution in [0, 0.1) is 12.8 Å². The number of furan rings is 2. The second-order valence-corrected chi connectivity index (χ2v) is 8.74. The van der Waals surface area contributed by atoms with E-state index in [4.69, 9.17) is 13.6 Å². The number of aryl methyl sites for hydroxylation is 1. The third-order valence-corrected chi connectivity index (χ3v) is 6.14. The number of morpholine rings is 1. The first-order valence-electron chi connectivity index (χ1n) is 11.0. The highest BCUT2D eigenvalue weighted by atomic mass is 16.5. The Morgan fingerprint density at radius 2 is 1.87 bits per heavy atom. The van der Waals surface area contributed by atoms with Crippen LogP contribution in [0.4, 0.5) is 0 Å². The lowest BCUT2D eigenvalue weighted by Crippen LogP contribution is -2.56. The summed E-state index contributed by atoms with van der Waals surface area (Å²) in [5.41, 5.74) is 0.920. The molecule has 0 saturated carbocycles. The lowest BCUT2D eigenvalue weighted by Gasteiger charge is -2.43. The summed E-state index contributed by atoms with van der Waals surface area (Å²) < 4.78 is 17.0. The molecule has 0 radical (unpaired) electrons. The minimum absolute atomic E-state index is 0.0112. The minimum Gasteiger partial charge on any atom is -0.468 e. The van der Waals surface area contributed by atoms with Gasteiger partial charge in [0.1, 0.15) is 11.5 Å². The van der Waals surface area contributed by atoms with Crippen molar-refractivity contribution in [3.8, 4) is 0 Å². The third-order valence-electron chi connectivity index (χ3n) is 6.14. The van der Waals surface area contributed by atoms with Gasteiger partial charge in [0.2, 0.25) is 0 Å². The van der Waals surface area contributed by atoms with E-state index in [2.05, 4.69) is 23.6 Å². The van der Waals surface area contributed by atoms with E-state index in [1.54, 1.807) is 6.26 Å². The van der Waals surface area contributed by atoms with Crippen molar-refractivity contribution in [2.24, 2.45) is 5.92 Å². The normalized spacial score (nSPS) is 21.5. The topological polar surface area (TPSA) is 62.3 Å². The van der Waals surface area contributed by atoms with Crippen molar-refractivity contribution in [2.75, 3.05) is 45.9 Å². The molecule has 2 aliphatic rings. The van der Waals surface area contributed by atoms with Gasteiger partial charge in [0.15, 0.2) is 5.76 Å². The molecule has 2 saturated heterocycles. The molecule has 0 unspecified atom stereocenters. The fraction of sp³-hybridized carbons (Fsp3) is 0.609. The second kappa shape index (κ2) is 9.37. The van der Waals surface area contributed by atoms with Gasteiger partial charge in [-0.15, -0.1) is 0 Å². The number of carbonyl (C=O) groups excluding carboxylic acids is 1. The van der Waals surface area contributed by atoms with Crippen molar-refractivity contribution >= 4 is 5.91 Å². The van der Waals surface area contributed by atoms with Crippen LogP contribution in [0.5, 0.6) is 0 Å². The Morgan fingerprint density at radius 3 is 2.57 bits per heavy atom. The van der Waals surface area contributed by atoms with Gasteiger partial charge in [-0.25, -0.2) is 0 Å². The summed E-state index contributed by atoms with van der Waals surface area (Å²) in [7, 11) is 0. The number of amides is 1. The molecule has 0 spiro atoms. The molecular weight excluding hydrogens is 382 g/mol. The lowest BCUT2D eigenvalue weighted by atomic mass is 9.98. The van der Waals surface area contributed by atoms with Gasteiger partial charge in [-0.2, -0.15) is 0 Å². The summed E-state index contributed by atoms with van der Waals surface area (Å²) >= 11 is 0. The summed E-state index contributed by atoms with van der Waals surface area (Å²) in [5, 5.41) is 0. The Labute approximate surface area is 178 Å². The molecule has 2 aromatic heterocycles. The average Bonchev–Trinajstić information content (AvgIpc) is 3.37. The van der Waals surface area contributed by atoms with Crippen LogP contribution in [0.3, 0.4) is 0 Å². The molecule has 0 aliphatic carbocycles. The smallest absolute Gasteiger partial charge is 0.290 e. The van der Waals surface area contributed by atoms with E-state index in [9.17, 15) is 4.79 Å².